The van der Waals surface area contributed by atoms with E-state index in [1.165, 1.54) is 135 Å². The predicted molar refractivity (Wildman–Crippen MR) is 164 cm³/mol. The SMILES string of the molecule is CCCCCCCCN(CCCCCCCC(CCC)CCCCCC)CCCNc1c(C)c(=O)c1=O. The van der Waals surface area contributed by atoms with Crippen molar-refractivity contribution in [2.75, 3.05) is 31.5 Å². The van der Waals surface area contributed by atoms with Crippen molar-refractivity contribution in [3.05, 3.63) is 26.0 Å². The van der Waals surface area contributed by atoms with Gasteiger partial charge in [-0.25, -0.2) is 0 Å². The maximum absolute atomic E-state index is 11.7. The van der Waals surface area contributed by atoms with Gasteiger partial charge in [-0.3, -0.25) is 9.59 Å². The molecule has 4 nitrogen and oxygen atoms in total. The van der Waals surface area contributed by atoms with Crippen LogP contribution in [0.2, 0.25) is 0 Å². The lowest BCUT2D eigenvalue weighted by atomic mass is 9.91. The smallest absolute Gasteiger partial charge is 0.249 e. The zero-order chi connectivity index (χ0) is 27.1. The van der Waals surface area contributed by atoms with Gasteiger partial charge in [-0.1, -0.05) is 130 Å². The molecule has 0 saturated carbocycles. The summed E-state index contributed by atoms with van der Waals surface area (Å²) in [5, 5.41) is 3.20. The predicted octanol–water partition coefficient (Wildman–Crippen LogP) is 8.78. The lowest BCUT2D eigenvalue weighted by Crippen LogP contribution is -2.37. The summed E-state index contributed by atoms with van der Waals surface area (Å²) < 4.78 is 0. The Morgan fingerprint density at radius 1 is 0.568 bits per heavy atom. The highest BCUT2D eigenvalue weighted by Crippen LogP contribution is 2.23. The molecular formula is C33H62N2O2. The van der Waals surface area contributed by atoms with Crippen LogP contribution in [0.1, 0.15) is 155 Å². The minimum atomic E-state index is -0.334. The summed E-state index contributed by atoms with van der Waals surface area (Å²) in [6.45, 7) is 12.9. The molecule has 0 spiro atoms. The first-order chi connectivity index (χ1) is 18.0. The maximum atomic E-state index is 11.7. The van der Waals surface area contributed by atoms with Crippen molar-refractivity contribution in [2.24, 2.45) is 5.92 Å². The number of anilines is 1. The van der Waals surface area contributed by atoms with Gasteiger partial charge in [0.05, 0.1) is 5.69 Å². The van der Waals surface area contributed by atoms with Gasteiger partial charge in [-0.05, 0) is 51.7 Å². The first-order valence-electron chi connectivity index (χ1n) is 16.3. The van der Waals surface area contributed by atoms with Crippen LogP contribution in [0.25, 0.3) is 0 Å². The normalized spacial score (nSPS) is 12.6. The van der Waals surface area contributed by atoms with E-state index in [4.69, 9.17) is 0 Å². The summed E-state index contributed by atoms with van der Waals surface area (Å²) in [6, 6.07) is 0. The molecule has 0 radical (unpaired) electrons. The molecule has 0 aromatic heterocycles. The topological polar surface area (TPSA) is 49.4 Å². The number of unbranched alkanes of at least 4 members (excludes halogenated alkanes) is 12. The average Bonchev–Trinajstić information content (AvgIpc) is 2.91. The van der Waals surface area contributed by atoms with E-state index in [0.717, 1.165) is 25.4 Å². The maximum Gasteiger partial charge on any atom is 0.249 e. The molecule has 0 fully saturated rings. The minimum Gasteiger partial charge on any atom is -0.381 e. The van der Waals surface area contributed by atoms with E-state index in [9.17, 15) is 9.59 Å². The van der Waals surface area contributed by atoms with Crippen molar-refractivity contribution in [1.82, 2.24) is 4.90 Å². The molecule has 0 aliphatic rings. The fourth-order valence-electron chi connectivity index (χ4n) is 5.69. The molecule has 37 heavy (non-hydrogen) atoms. The van der Waals surface area contributed by atoms with E-state index < -0.39 is 0 Å². The third-order valence-electron chi connectivity index (χ3n) is 8.18. The second kappa shape index (κ2) is 22.8. The number of rotatable bonds is 27. The Kier molecular flexibility index (Phi) is 20.9. The third kappa shape index (κ3) is 15.8. The molecule has 1 N–H and O–H groups in total. The summed E-state index contributed by atoms with van der Waals surface area (Å²) in [6.07, 6.45) is 27.2. The van der Waals surface area contributed by atoms with Crippen LogP contribution in [0.15, 0.2) is 9.59 Å². The van der Waals surface area contributed by atoms with Crippen molar-refractivity contribution in [3.63, 3.8) is 0 Å². The molecular weight excluding hydrogens is 456 g/mol. The first-order valence-corrected chi connectivity index (χ1v) is 16.3. The molecule has 0 aliphatic carbocycles. The van der Waals surface area contributed by atoms with Crippen LogP contribution >= 0.6 is 0 Å². The standard InChI is InChI=1S/C33H62N2O2/c1-5-8-10-12-15-19-26-35(28-21-25-34-31-29(4)32(36)33(31)37)27-20-16-13-14-18-24-30(22-7-3)23-17-11-9-6-2/h30,34H,5-28H2,1-4H3. The van der Waals surface area contributed by atoms with Crippen molar-refractivity contribution < 1.29 is 0 Å². The summed E-state index contributed by atoms with van der Waals surface area (Å²) >= 11 is 0. The molecule has 0 aliphatic heterocycles. The fraction of sp³-hybridized carbons (Fsp3) is 0.879. The third-order valence-corrected chi connectivity index (χ3v) is 8.18. The van der Waals surface area contributed by atoms with Crippen LogP contribution < -0.4 is 16.2 Å². The molecule has 4 heteroatoms. The van der Waals surface area contributed by atoms with E-state index in [1.54, 1.807) is 6.92 Å². The van der Waals surface area contributed by atoms with Gasteiger partial charge in [0.2, 0.25) is 10.9 Å². The zero-order valence-electron chi connectivity index (χ0n) is 25.3. The summed E-state index contributed by atoms with van der Waals surface area (Å²) in [7, 11) is 0. The second-order valence-corrected chi connectivity index (χ2v) is 11.6. The summed E-state index contributed by atoms with van der Waals surface area (Å²) in [5.41, 5.74) is 0.500. The van der Waals surface area contributed by atoms with Crippen LogP contribution in [-0.2, 0) is 0 Å². The van der Waals surface area contributed by atoms with Gasteiger partial charge in [-0.15, -0.1) is 0 Å². The van der Waals surface area contributed by atoms with Gasteiger partial charge in [0.1, 0.15) is 0 Å². The molecule has 1 unspecified atom stereocenters. The molecule has 0 heterocycles. The minimum absolute atomic E-state index is 0.319. The van der Waals surface area contributed by atoms with E-state index in [1.807, 2.05) is 0 Å². The Hall–Kier alpha value is -1.16. The highest BCUT2D eigenvalue weighted by molar-refractivity contribution is 5.55. The highest BCUT2D eigenvalue weighted by atomic mass is 16.2. The molecule has 0 amide bonds. The molecule has 0 saturated heterocycles. The Labute approximate surface area is 230 Å². The quantitative estimate of drug-likeness (QED) is 0.0934. The molecule has 1 aromatic carbocycles. The summed E-state index contributed by atoms with van der Waals surface area (Å²) in [4.78, 5) is 25.7. The first kappa shape index (κ1) is 33.9. The zero-order valence-corrected chi connectivity index (χ0v) is 25.3. The second-order valence-electron chi connectivity index (χ2n) is 11.6. The van der Waals surface area contributed by atoms with Crippen LogP contribution in [0.4, 0.5) is 5.69 Å². The Morgan fingerprint density at radius 3 is 1.59 bits per heavy atom. The van der Waals surface area contributed by atoms with Crippen molar-refractivity contribution >= 4 is 5.69 Å². The number of hydrogen-bond donors (Lipinski definition) is 1. The lowest BCUT2D eigenvalue weighted by molar-refractivity contribution is 0.259. The Bertz CT molecular complexity index is 722. The van der Waals surface area contributed by atoms with Crippen molar-refractivity contribution in [2.45, 2.75) is 156 Å². The fourth-order valence-corrected chi connectivity index (χ4v) is 5.69. The number of nitrogens with one attached hydrogen (secondary N) is 1. The van der Waals surface area contributed by atoms with Crippen molar-refractivity contribution in [1.29, 1.82) is 0 Å². The van der Waals surface area contributed by atoms with Gasteiger partial charge >= 0.3 is 0 Å². The van der Waals surface area contributed by atoms with Crippen LogP contribution in [0, 0.1) is 12.8 Å². The van der Waals surface area contributed by atoms with Gasteiger partial charge < -0.3 is 10.2 Å². The van der Waals surface area contributed by atoms with Crippen LogP contribution in [-0.4, -0.2) is 31.1 Å². The van der Waals surface area contributed by atoms with Crippen LogP contribution in [0.5, 0.6) is 0 Å². The molecule has 0 bridgehead atoms. The molecule has 1 rings (SSSR count). The molecule has 1 atom stereocenters. The van der Waals surface area contributed by atoms with E-state index >= 15 is 0 Å². The summed E-state index contributed by atoms with van der Waals surface area (Å²) in [5.74, 6) is 0.969. The largest absolute Gasteiger partial charge is 0.381 e. The molecule has 216 valence electrons. The Morgan fingerprint density at radius 2 is 1.05 bits per heavy atom. The number of hydrogen-bond acceptors (Lipinski definition) is 4. The van der Waals surface area contributed by atoms with Gasteiger partial charge in [-0.2, -0.15) is 0 Å². The molecule has 1 aromatic rings. The number of nitrogens with zero attached hydrogens (tertiary/aromatic N) is 1. The monoisotopic (exact) mass is 518 g/mol. The van der Waals surface area contributed by atoms with Crippen LogP contribution in [0.3, 0.4) is 0 Å². The van der Waals surface area contributed by atoms with Gasteiger partial charge in [0, 0.05) is 12.1 Å². The van der Waals surface area contributed by atoms with E-state index in [0.29, 0.717) is 11.3 Å². The highest BCUT2D eigenvalue weighted by Gasteiger charge is 2.15. The average molecular weight is 519 g/mol. The van der Waals surface area contributed by atoms with Gasteiger partial charge in [0.25, 0.3) is 0 Å². The Balaban J connectivity index is 2.24. The van der Waals surface area contributed by atoms with Gasteiger partial charge in [0.15, 0.2) is 0 Å². The lowest BCUT2D eigenvalue weighted by Gasteiger charge is -2.23. The van der Waals surface area contributed by atoms with Crippen molar-refractivity contribution in [3.8, 4) is 0 Å². The van der Waals surface area contributed by atoms with E-state index in [-0.39, 0.29) is 10.9 Å². The van der Waals surface area contributed by atoms with E-state index in [2.05, 4.69) is 31.0 Å².